The van der Waals surface area contributed by atoms with Crippen LogP contribution in [0, 0.1) is 11.3 Å². The quantitative estimate of drug-likeness (QED) is 0.730. The van der Waals surface area contributed by atoms with E-state index in [1.807, 2.05) is 0 Å². The van der Waals surface area contributed by atoms with Gasteiger partial charge >= 0.3 is 12.0 Å². The van der Waals surface area contributed by atoms with Crippen LogP contribution < -0.4 is 10.6 Å². The molecule has 5 heteroatoms. The highest BCUT2D eigenvalue weighted by Crippen LogP contribution is 2.40. The normalized spacial score (nSPS) is 29.1. The van der Waals surface area contributed by atoms with E-state index in [4.69, 9.17) is 0 Å². The summed E-state index contributed by atoms with van der Waals surface area (Å²) in [6.45, 7) is 2.45. The van der Waals surface area contributed by atoms with Gasteiger partial charge in [0.05, 0.1) is 5.41 Å². The molecule has 5 nitrogen and oxygen atoms in total. The molecule has 0 aromatic rings. The van der Waals surface area contributed by atoms with Crippen LogP contribution >= 0.6 is 0 Å². The molecule has 2 fully saturated rings. The third-order valence-corrected chi connectivity index (χ3v) is 4.62. The summed E-state index contributed by atoms with van der Waals surface area (Å²) >= 11 is 0. The minimum atomic E-state index is -0.787. The maximum Gasteiger partial charge on any atom is 0.315 e. The fourth-order valence-corrected chi connectivity index (χ4v) is 3.12. The number of hydrogen-bond acceptors (Lipinski definition) is 2. The number of carboxylic acids is 1. The minimum absolute atomic E-state index is 0.216. The van der Waals surface area contributed by atoms with Gasteiger partial charge in [0.15, 0.2) is 0 Å². The number of carboxylic acid groups (broad SMARTS) is 1. The van der Waals surface area contributed by atoms with Crippen LogP contribution in [0.5, 0.6) is 0 Å². The molecule has 2 rings (SSSR count). The standard InChI is InChI=1S/C14H24N2O3/c1-10-4-2-5-11(8-10)16-13(19)15-9-14(12(17)18)6-3-7-14/h10-11H,2-9H2,1H3,(H,17,18)(H2,15,16,19). The van der Waals surface area contributed by atoms with Crippen LogP contribution in [0.4, 0.5) is 4.79 Å². The summed E-state index contributed by atoms with van der Waals surface area (Å²) in [5.74, 6) is -0.124. The van der Waals surface area contributed by atoms with Crippen molar-refractivity contribution in [1.29, 1.82) is 0 Å². The Hall–Kier alpha value is -1.26. The van der Waals surface area contributed by atoms with E-state index in [0.29, 0.717) is 18.8 Å². The van der Waals surface area contributed by atoms with Crippen LogP contribution in [0.1, 0.15) is 51.9 Å². The second kappa shape index (κ2) is 5.80. The molecular formula is C14H24N2O3. The fourth-order valence-electron chi connectivity index (χ4n) is 3.12. The second-order valence-electron chi connectivity index (χ2n) is 6.23. The molecule has 2 amide bonds. The zero-order valence-electron chi connectivity index (χ0n) is 11.6. The topological polar surface area (TPSA) is 78.4 Å². The third kappa shape index (κ3) is 3.39. The molecule has 0 bridgehead atoms. The number of aliphatic carboxylic acids is 1. The summed E-state index contributed by atoms with van der Waals surface area (Å²) in [7, 11) is 0. The number of hydrogen-bond donors (Lipinski definition) is 3. The lowest BCUT2D eigenvalue weighted by Gasteiger charge is -2.37. The predicted octanol–water partition coefficient (Wildman–Crippen LogP) is 2.12. The van der Waals surface area contributed by atoms with E-state index in [0.717, 1.165) is 25.7 Å². The van der Waals surface area contributed by atoms with Crippen LogP contribution in [0.3, 0.4) is 0 Å². The highest BCUT2D eigenvalue weighted by Gasteiger charge is 2.44. The molecule has 0 aromatic carbocycles. The number of rotatable bonds is 4. The van der Waals surface area contributed by atoms with E-state index >= 15 is 0 Å². The van der Waals surface area contributed by atoms with E-state index in [1.165, 1.54) is 6.42 Å². The molecule has 2 aliphatic carbocycles. The van der Waals surface area contributed by atoms with Crippen LogP contribution in [0.25, 0.3) is 0 Å². The first-order valence-corrected chi connectivity index (χ1v) is 7.30. The molecule has 0 saturated heterocycles. The summed E-state index contributed by atoms with van der Waals surface area (Å²) in [6.07, 6.45) is 6.73. The number of amides is 2. The van der Waals surface area contributed by atoms with Crippen LogP contribution in [-0.4, -0.2) is 29.7 Å². The number of carbonyl (C=O) groups is 2. The zero-order chi connectivity index (χ0) is 13.9. The van der Waals surface area contributed by atoms with E-state index in [2.05, 4.69) is 17.6 Å². The SMILES string of the molecule is CC1CCCC(NC(=O)NCC2(C(=O)O)CCC2)C1. The smallest absolute Gasteiger partial charge is 0.315 e. The Morgan fingerprint density at radius 1 is 1.26 bits per heavy atom. The van der Waals surface area contributed by atoms with Crippen molar-refractivity contribution >= 4 is 12.0 Å². The van der Waals surface area contributed by atoms with Gasteiger partial charge in [0.1, 0.15) is 0 Å². The first-order valence-electron chi connectivity index (χ1n) is 7.30. The largest absolute Gasteiger partial charge is 0.481 e. The molecule has 2 unspecified atom stereocenters. The van der Waals surface area contributed by atoms with Crippen molar-refractivity contribution in [3.05, 3.63) is 0 Å². The van der Waals surface area contributed by atoms with Gasteiger partial charge in [-0.3, -0.25) is 4.79 Å². The Kier molecular flexibility index (Phi) is 4.32. The van der Waals surface area contributed by atoms with Crippen molar-refractivity contribution in [1.82, 2.24) is 10.6 Å². The summed E-state index contributed by atoms with van der Waals surface area (Å²) in [5.41, 5.74) is -0.711. The highest BCUT2D eigenvalue weighted by atomic mass is 16.4. The van der Waals surface area contributed by atoms with Gasteiger partial charge in [-0.2, -0.15) is 0 Å². The Morgan fingerprint density at radius 3 is 2.53 bits per heavy atom. The van der Waals surface area contributed by atoms with E-state index in [1.54, 1.807) is 0 Å². The summed E-state index contributed by atoms with van der Waals surface area (Å²) in [6, 6.07) is 0.0255. The predicted molar refractivity (Wildman–Crippen MR) is 71.9 cm³/mol. The molecule has 3 N–H and O–H groups in total. The maximum atomic E-state index is 11.8. The van der Waals surface area contributed by atoms with Gasteiger partial charge in [0.2, 0.25) is 0 Å². The molecule has 2 atom stereocenters. The number of nitrogens with one attached hydrogen (secondary N) is 2. The van der Waals surface area contributed by atoms with Gasteiger partial charge in [0, 0.05) is 12.6 Å². The zero-order valence-corrected chi connectivity index (χ0v) is 11.6. The first kappa shape index (κ1) is 14.2. The van der Waals surface area contributed by atoms with Gasteiger partial charge in [0.25, 0.3) is 0 Å². The Labute approximate surface area is 114 Å². The van der Waals surface area contributed by atoms with Crippen molar-refractivity contribution in [2.24, 2.45) is 11.3 Å². The van der Waals surface area contributed by atoms with Crippen LogP contribution in [-0.2, 0) is 4.79 Å². The van der Waals surface area contributed by atoms with Gasteiger partial charge in [-0.25, -0.2) is 4.79 Å². The molecule has 2 aliphatic rings. The van der Waals surface area contributed by atoms with E-state index in [9.17, 15) is 14.7 Å². The monoisotopic (exact) mass is 268 g/mol. The van der Waals surface area contributed by atoms with Crippen molar-refractivity contribution < 1.29 is 14.7 Å². The summed E-state index contributed by atoms with van der Waals surface area (Å²) in [4.78, 5) is 23.0. The van der Waals surface area contributed by atoms with Crippen molar-refractivity contribution in [2.45, 2.75) is 57.9 Å². The third-order valence-electron chi connectivity index (χ3n) is 4.62. The van der Waals surface area contributed by atoms with Gasteiger partial charge in [-0.15, -0.1) is 0 Å². The van der Waals surface area contributed by atoms with Crippen molar-refractivity contribution in [2.75, 3.05) is 6.54 Å². The van der Waals surface area contributed by atoms with Crippen molar-refractivity contribution in [3.63, 3.8) is 0 Å². The highest BCUT2D eigenvalue weighted by molar-refractivity contribution is 5.79. The Bertz CT molecular complexity index is 353. The lowest BCUT2D eigenvalue weighted by atomic mass is 9.69. The maximum absolute atomic E-state index is 11.8. The minimum Gasteiger partial charge on any atom is -0.481 e. The van der Waals surface area contributed by atoms with Crippen molar-refractivity contribution in [3.8, 4) is 0 Å². The van der Waals surface area contributed by atoms with Gasteiger partial charge in [-0.1, -0.05) is 26.2 Å². The molecule has 0 spiro atoms. The molecule has 108 valence electrons. The lowest BCUT2D eigenvalue weighted by Crippen LogP contribution is -2.51. The molecule has 2 saturated carbocycles. The average molecular weight is 268 g/mol. The molecule has 19 heavy (non-hydrogen) atoms. The lowest BCUT2D eigenvalue weighted by molar-refractivity contribution is -0.153. The molecule has 0 aromatic heterocycles. The summed E-state index contributed by atoms with van der Waals surface area (Å²) in [5, 5.41) is 14.9. The first-order chi connectivity index (χ1) is 9.02. The fraction of sp³-hybridized carbons (Fsp3) is 0.857. The second-order valence-corrected chi connectivity index (χ2v) is 6.23. The number of urea groups is 1. The molecule has 0 aliphatic heterocycles. The molecular weight excluding hydrogens is 244 g/mol. The molecule has 0 radical (unpaired) electrons. The Balaban J connectivity index is 1.74. The van der Waals surface area contributed by atoms with E-state index < -0.39 is 11.4 Å². The van der Waals surface area contributed by atoms with E-state index in [-0.39, 0.29) is 18.6 Å². The van der Waals surface area contributed by atoms with Gasteiger partial charge < -0.3 is 15.7 Å². The summed E-state index contributed by atoms with van der Waals surface area (Å²) < 4.78 is 0. The Morgan fingerprint density at radius 2 is 2.00 bits per heavy atom. The van der Waals surface area contributed by atoms with Crippen LogP contribution in [0.2, 0.25) is 0 Å². The molecule has 0 heterocycles. The van der Waals surface area contributed by atoms with Gasteiger partial charge in [-0.05, 0) is 31.6 Å². The average Bonchev–Trinajstić information content (AvgIpc) is 2.26. The van der Waals surface area contributed by atoms with Crippen LogP contribution in [0.15, 0.2) is 0 Å². The number of carbonyl (C=O) groups excluding carboxylic acids is 1.